The van der Waals surface area contributed by atoms with E-state index in [2.05, 4.69) is 32.4 Å². The lowest BCUT2D eigenvalue weighted by molar-refractivity contribution is 0.311. The van der Waals surface area contributed by atoms with E-state index in [1.54, 1.807) is 11.3 Å². The van der Waals surface area contributed by atoms with Gasteiger partial charge in [-0.1, -0.05) is 0 Å². The van der Waals surface area contributed by atoms with Gasteiger partial charge in [0.05, 0.1) is 0 Å². The molecule has 0 N–H and O–H groups in total. The van der Waals surface area contributed by atoms with Crippen LogP contribution in [0.2, 0.25) is 0 Å². The molecule has 7 heteroatoms. The fourth-order valence-corrected chi connectivity index (χ4v) is 3.19. The van der Waals surface area contributed by atoms with Crippen LogP contribution in [0.1, 0.15) is 0 Å². The van der Waals surface area contributed by atoms with Gasteiger partial charge in [-0.05, 0) is 30.6 Å². The van der Waals surface area contributed by atoms with Crippen molar-refractivity contribution >= 4 is 22.8 Å². The zero-order valence-corrected chi connectivity index (χ0v) is 12.6. The van der Waals surface area contributed by atoms with Crippen LogP contribution in [0.25, 0.3) is 17.0 Å². The number of hydrogen-bond acceptors (Lipinski definition) is 6. The highest BCUT2D eigenvalue weighted by Gasteiger charge is 2.17. The number of rotatable bonds is 2. The fraction of sp³-hybridized carbons (Fsp3) is 0.357. The number of hydrogen-bond donors (Lipinski definition) is 0. The van der Waals surface area contributed by atoms with E-state index in [4.69, 9.17) is 5.10 Å². The van der Waals surface area contributed by atoms with E-state index in [1.165, 1.54) is 0 Å². The van der Waals surface area contributed by atoms with Crippen molar-refractivity contribution < 1.29 is 0 Å². The van der Waals surface area contributed by atoms with Gasteiger partial charge in [0.15, 0.2) is 11.5 Å². The molecule has 1 saturated heterocycles. The Morgan fingerprint density at radius 3 is 2.67 bits per heavy atom. The molecule has 4 rings (SSSR count). The van der Waals surface area contributed by atoms with E-state index in [0.717, 1.165) is 49.0 Å². The molecule has 0 unspecified atom stereocenters. The van der Waals surface area contributed by atoms with Crippen LogP contribution in [0.3, 0.4) is 0 Å². The average molecular weight is 300 g/mol. The molecule has 6 nitrogen and oxygen atoms in total. The number of thiophene rings is 1. The second-order valence-electron chi connectivity index (χ2n) is 5.29. The van der Waals surface area contributed by atoms with E-state index in [0.29, 0.717) is 0 Å². The molecule has 0 aliphatic carbocycles. The molecule has 0 aromatic carbocycles. The van der Waals surface area contributed by atoms with Gasteiger partial charge in [0.25, 0.3) is 0 Å². The van der Waals surface area contributed by atoms with Crippen molar-refractivity contribution in [1.29, 1.82) is 0 Å². The molecule has 3 aromatic rings. The predicted molar refractivity (Wildman–Crippen MR) is 83.8 cm³/mol. The number of anilines is 1. The Labute approximate surface area is 126 Å². The van der Waals surface area contributed by atoms with Gasteiger partial charge in [0.2, 0.25) is 0 Å². The quantitative estimate of drug-likeness (QED) is 0.719. The number of nitrogens with zero attached hydrogens (tertiary/aromatic N) is 6. The van der Waals surface area contributed by atoms with Crippen LogP contribution >= 0.6 is 11.3 Å². The molecule has 4 heterocycles. The van der Waals surface area contributed by atoms with Crippen LogP contribution in [-0.4, -0.2) is 57.9 Å². The first-order valence-corrected chi connectivity index (χ1v) is 7.94. The van der Waals surface area contributed by atoms with Crippen LogP contribution in [0.5, 0.6) is 0 Å². The Hall–Kier alpha value is -1.99. The monoisotopic (exact) mass is 300 g/mol. The second-order valence-corrected chi connectivity index (χ2v) is 6.07. The van der Waals surface area contributed by atoms with Gasteiger partial charge in [-0.25, -0.2) is 0 Å². The van der Waals surface area contributed by atoms with E-state index >= 15 is 0 Å². The van der Waals surface area contributed by atoms with Gasteiger partial charge in [-0.3, -0.25) is 0 Å². The molecule has 0 spiro atoms. The molecule has 1 fully saturated rings. The Kier molecular flexibility index (Phi) is 3.08. The lowest BCUT2D eigenvalue weighted by Gasteiger charge is -2.33. The maximum atomic E-state index is 4.74. The van der Waals surface area contributed by atoms with Crippen LogP contribution in [0.4, 0.5) is 5.82 Å². The van der Waals surface area contributed by atoms with Crippen molar-refractivity contribution in [2.24, 2.45) is 0 Å². The average Bonchev–Trinajstić information content (AvgIpc) is 3.16. The molecule has 1 aliphatic rings. The third-order valence-electron chi connectivity index (χ3n) is 3.86. The van der Waals surface area contributed by atoms with E-state index in [9.17, 15) is 0 Å². The first kappa shape index (κ1) is 12.7. The summed E-state index contributed by atoms with van der Waals surface area (Å²) in [7, 11) is 2.16. The maximum Gasteiger partial charge on any atom is 0.186 e. The Balaban J connectivity index is 1.73. The lowest BCUT2D eigenvalue weighted by atomic mass is 10.3. The number of likely N-dealkylation sites (N-methyl/N-ethyl adjacent to an activating group) is 1. The highest BCUT2D eigenvalue weighted by molar-refractivity contribution is 7.08. The van der Waals surface area contributed by atoms with Crippen LogP contribution in [0, 0.1) is 0 Å². The summed E-state index contributed by atoms with van der Waals surface area (Å²) >= 11 is 1.65. The van der Waals surface area contributed by atoms with Crippen LogP contribution < -0.4 is 4.90 Å². The SMILES string of the molecule is CN1CCN(c2ccc3nnc(-c4ccsc4)n3n2)CC1. The smallest absolute Gasteiger partial charge is 0.186 e. The standard InChI is InChI=1S/C14H16N6S/c1-18-5-7-19(8-6-18)13-3-2-12-15-16-14(20(12)17-13)11-4-9-21-10-11/h2-4,9-10H,5-8H2,1H3. The largest absolute Gasteiger partial charge is 0.353 e. The third kappa shape index (κ3) is 2.28. The van der Waals surface area contributed by atoms with Gasteiger partial charge < -0.3 is 9.80 Å². The molecule has 0 amide bonds. The fourth-order valence-electron chi connectivity index (χ4n) is 2.56. The Bertz CT molecular complexity index is 742. The van der Waals surface area contributed by atoms with Crippen molar-refractivity contribution in [1.82, 2.24) is 24.7 Å². The van der Waals surface area contributed by atoms with Gasteiger partial charge in [0.1, 0.15) is 5.82 Å². The highest BCUT2D eigenvalue weighted by atomic mass is 32.1. The summed E-state index contributed by atoms with van der Waals surface area (Å²) in [5, 5.41) is 17.3. The molecule has 0 saturated carbocycles. The van der Waals surface area contributed by atoms with E-state index in [-0.39, 0.29) is 0 Å². The summed E-state index contributed by atoms with van der Waals surface area (Å²) in [6, 6.07) is 6.07. The third-order valence-corrected chi connectivity index (χ3v) is 4.54. The predicted octanol–water partition coefficient (Wildman–Crippen LogP) is 1.60. The number of piperazine rings is 1. The molecule has 0 radical (unpaired) electrons. The van der Waals surface area contributed by atoms with Crippen molar-refractivity contribution in [2.45, 2.75) is 0 Å². The van der Waals surface area contributed by atoms with Gasteiger partial charge >= 0.3 is 0 Å². The zero-order chi connectivity index (χ0) is 14.2. The highest BCUT2D eigenvalue weighted by Crippen LogP contribution is 2.22. The molecule has 0 bridgehead atoms. The van der Waals surface area contributed by atoms with Crippen LogP contribution in [0.15, 0.2) is 29.0 Å². The summed E-state index contributed by atoms with van der Waals surface area (Å²) in [5.74, 6) is 1.80. The topological polar surface area (TPSA) is 49.6 Å². The maximum absolute atomic E-state index is 4.74. The number of aromatic nitrogens is 4. The minimum Gasteiger partial charge on any atom is -0.353 e. The summed E-state index contributed by atoms with van der Waals surface area (Å²) in [6.07, 6.45) is 0. The Morgan fingerprint density at radius 2 is 1.90 bits per heavy atom. The zero-order valence-electron chi connectivity index (χ0n) is 11.8. The lowest BCUT2D eigenvalue weighted by Crippen LogP contribution is -2.44. The molecular weight excluding hydrogens is 284 g/mol. The van der Waals surface area contributed by atoms with Crippen molar-refractivity contribution in [3.63, 3.8) is 0 Å². The summed E-state index contributed by atoms with van der Waals surface area (Å²) in [4.78, 5) is 4.65. The normalized spacial score (nSPS) is 16.7. The number of fused-ring (bicyclic) bond motifs is 1. The van der Waals surface area contributed by atoms with Gasteiger partial charge in [-0.15, -0.1) is 15.3 Å². The summed E-state index contributed by atoms with van der Waals surface area (Å²) in [5.41, 5.74) is 1.85. The molecule has 3 aromatic heterocycles. The molecule has 21 heavy (non-hydrogen) atoms. The second kappa shape index (κ2) is 5.09. The first-order valence-electron chi connectivity index (χ1n) is 7.00. The molecule has 1 aliphatic heterocycles. The minimum atomic E-state index is 0.786. The first-order chi connectivity index (χ1) is 10.3. The summed E-state index contributed by atoms with van der Waals surface area (Å²) < 4.78 is 1.84. The minimum absolute atomic E-state index is 0.786. The van der Waals surface area contributed by atoms with Gasteiger partial charge in [0, 0.05) is 37.1 Å². The van der Waals surface area contributed by atoms with Crippen molar-refractivity contribution in [3.8, 4) is 11.4 Å². The molecular formula is C14H16N6S. The van der Waals surface area contributed by atoms with E-state index < -0.39 is 0 Å². The van der Waals surface area contributed by atoms with Crippen molar-refractivity contribution in [3.05, 3.63) is 29.0 Å². The summed E-state index contributed by atoms with van der Waals surface area (Å²) in [6.45, 7) is 4.15. The van der Waals surface area contributed by atoms with Gasteiger partial charge in [-0.2, -0.15) is 15.9 Å². The molecule has 108 valence electrons. The Morgan fingerprint density at radius 1 is 1.05 bits per heavy atom. The van der Waals surface area contributed by atoms with Crippen LogP contribution in [-0.2, 0) is 0 Å². The van der Waals surface area contributed by atoms with E-state index in [1.807, 2.05) is 28.1 Å². The van der Waals surface area contributed by atoms with Crippen molar-refractivity contribution in [2.75, 3.05) is 38.1 Å². The molecule has 0 atom stereocenters.